The number of hydrogen-bond donors (Lipinski definition) is 4. The smallest absolute Gasteiger partial charge is 0.426 e. The zero-order chi connectivity index (χ0) is 20.6. The zero-order valence-electron chi connectivity index (χ0n) is 16.2. The average molecular weight is 387 g/mol. The number of hydrogen-bond acceptors (Lipinski definition) is 6. The molecular weight excluding hydrogens is 361 g/mol. The maximum Gasteiger partial charge on any atom is 0.475 e. The van der Waals surface area contributed by atoms with Crippen LogP contribution in [0.5, 0.6) is 0 Å². The minimum Gasteiger partial charge on any atom is -0.426 e. The highest BCUT2D eigenvalue weighted by atomic mass is 16.4. The second kappa shape index (κ2) is 8.02. The predicted octanol–water partition coefficient (Wildman–Crippen LogP) is -0.527. The fourth-order valence-corrected chi connectivity index (χ4v) is 4.20. The summed E-state index contributed by atoms with van der Waals surface area (Å²) < 4.78 is 0. The summed E-state index contributed by atoms with van der Waals surface area (Å²) in [5.41, 5.74) is 0.824. The van der Waals surface area contributed by atoms with E-state index < -0.39 is 48.8 Å². The molecule has 1 aromatic rings. The Morgan fingerprint density at radius 1 is 1.18 bits per heavy atom. The van der Waals surface area contributed by atoms with Gasteiger partial charge >= 0.3 is 7.12 Å². The van der Waals surface area contributed by atoms with E-state index in [4.69, 9.17) is 0 Å². The van der Waals surface area contributed by atoms with E-state index in [0.29, 0.717) is 6.42 Å². The van der Waals surface area contributed by atoms with Crippen molar-refractivity contribution in [1.29, 1.82) is 0 Å². The van der Waals surface area contributed by atoms with Crippen molar-refractivity contribution in [3.8, 4) is 0 Å². The first-order chi connectivity index (χ1) is 13.2. The van der Waals surface area contributed by atoms with Gasteiger partial charge in [-0.3, -0.25) is 24.6 Å². The molecule has 2 saturated heterocycles. The van der Waals surface area contributed by atoms with E-state index in [-0.39, 0.29) is 11.8 Å². The van der Waals surface area contributed by atoms with Gasteiger partial charge in [0.1, 0.15) is 0 Å². The molecule has 9 heteroatoms. The van der Waals surface area contributed by atoms with Crippen molar-refractivity contribution >= 4 is 24.8 Å². The van der Waals surface area contributed by atoms with Crippen LogP contribution in [-0.2, 0) is 14.4 Å². The van der Waals surface area contributed by atoms with Gasteiger partial charge in [-0.2, -0.15) is 0 Å². The Hall–Kier alpha value is -2.23. The average Bonchev–Trinajstić information content (AvgIpc) is 3.15. The molecule has 150 valence electrons. The molecule has 2 heterocycles. The molecule has 0 aromatic heterocycles. The van der Waals surface area contributed by atoms with Gasteiger partial charge in [0.25, 0.3) is 0 Å². The summed E-state index contributed by atoms with van der Waals surface area (Å²) in [6.07, 6.45) is 0.374. The van der Waals surface area contributed by atoms with Crippen LogP contribution in [0.3, 0.4) is 0 Å². The largest absolute Gasteiger partial charge is 0.475 e. The number of nitrogens with zero attached hydrogens (tertiary/aromatic N) is 1. The van der Waals surface area contributed by atoms with E-state index >= 15 is 0 Å². The Morgan fingerprint density at radius 2 is 1.79 bits per heavy atom. The van der Waals surface area contributed by atoms with Gasteiger partial charge in [-0.25, -0.2) is 0 Å². The lowest BCUT2D eigenvalue weighted by Crippen LogP contribution is -2.54. The first-order valence-corrected chi connectivity index (χ1v) is 9.51. The van der Waals surface area contributed by atoms with Crippen molar-refractivity contribution in [2.24, 2.45) is 17.8 Å². The van der Waals surface area contributed by atoms with Gasteiger partial charge in [0.05, 0.1) is 23.8 Å². The summed E-state index contributed by atoms with van der Waals surface area (Å²) in [5, 5.41) is 25.0. The van der Waals surface area contributed by atoms with Crippen molar-refractivity contribution in [1.82, 2.24) is 15.5 Å². The molecule has 0 bridgehead atoms. The quantitative estimate of drug-likeness (QED) is 0.385. The summed E-state index contributed by atoms with van der Waals surface area (Å²) in [5.74, 6) is -3.43. The number of benzene rings is 1. The molecule has 0 spiro atoms. The fourth-order valence-electron chi connectivity index (χ4n) is 4.20. The van der Waals surface area contributed by atoms with Gasteiger partial charge in [0.2, 0.25) is 17.7 Å². The molecule has 2 aliphatic heterocycles. The highest BCUT2D eigenvalue weighted by molar-refractivity contribution is 6.43. The van der Waals surface area contributed by atoms with Crippen LogP contribution in [0.1, 0.15) is 31.9 Å². The Kier molecular flexibility index (Phi) is 5.88. The number of carbonyl (C=O) groups excluding carboxylic acids is 3. The van der Waals surface area contributed by atoms with Gasteiger partial charge in [-0.05, 0) is 17.9 Å². The van der Waals surface area contributed by atoms with Gasteiger partial charge in [-0.15, -0.1) is 0 Å². The zero-order valence-corrected chi connectivity index (χ0v) is 16.2. The lowest BCUT2D eigenvalue weighted by molar-refractivity contribution is -0.140. The van der Waals surface area contributed by atoms with E-state index in [1.54, 1.807) is 0 Å². The van der Waals surface area contributed by atoms with Crippen LogP contribution in [0.4, 0.5) is 0 Å². The number of fused-ring (bicyclic) bond motifs is 1. The minimum atomic E-state index is -1.71. The van der Waals surface area contributed by atoms with Crippen LogP contribution >= 0.6 is 0 Å². The van der Waals surface area contributed by atoms with Gasteiger partial charge in [0, 0.05) is 13.1 Å². The van der Waals surface area contributed by atoms with Crippen LogP contribution in [0, 0.1) is 17.8 Å². The summed E-state index contributed by atoms with van der Waals surface area (Å²) in [6.45, 7) is 3.82. The number of carbonyl (C=O) groups is 3. The third-order valence-corrected chi connectivity index (χ3v) is 5.55. The van der Waals surface area contributed by atoms with E-state index in [1.165, 1.54) is 7.05 Å². The number of rotatable bonds is 6. The molecule has 0 saturated carbocycles. The molecular formula is C19H26BN3O5. The maximum atomic E-state index is 12.9. The molecule has 2 aliphatic rings. The minimum absolute atomic E-state index is 0.134. The normalized spacial score (nSPS) is 27.9. The van der Waals surface area contributed by atoms with Crippen molar-refractivity contribution in [2.45, 2.75) is 38.3 Å². The second-order valence-electron chi connectivity index (χ2n) is 7.98. The fraction of sp³-hybridized carbons (Fsp3) is 0.526. The molecule has 0 aliphatic carbocycles. The third kappa shape index (κ3) is 3.69. The molecule has 4 N–H and O–H groups in total. The van der Waals surface area contributed by atoms with Crippen molar-refractivity contribution in [3.05, 3.63) is 35.9 Å². The molecule has 2 fully saturated rings. The Morgan fingerprint density at radius 3 is 2.36 bits per heavy atom. The van der Waals surface area contributed by atoms with Crippen LogP contribution in [0.2, 0.25) is 0 Å². The topological polar surface area (TPSA) is 119 Å². The molecule has 8 nitrogen and oxygen atoms in total. The molecule has 28 heavy (non-hydrogen) atoms. The van der Waals surface area contributed by atoms with Crippen LogP contribution in [0.25, 0.3) is 0 Å². The van der Waals surface area contributed by atoms with Crippen LogP contribution < -0.4 is 10.6 Å². The Bertz CT molecular complexity index is 757. The number of likely N-dealkylation sites (tertiary alicyclic amines) is 1. The lowest BCUT2D eigenvalue weighted by atomic mass is 9.74. The van der Waals surface area contributed by atoms with Gasteiger partial charge in [-0.1, -0.05) is 44.2 Å². The van der Waals surface area contributed by atoms with E-state index in [1.807, 2.05) is 44.2 Å². The highest BCUT2D eigenvalue weighted by Crippen LogP contribution is 2.43. The maximum absolute atomic E-state index is 12.9. The third-order valence-electron chi connectivity index (χ3n) is 5.55. The van der Waals surface area contributed by atoms with Gasteiger partial charge in [0.15, 0.2) is 0 Å². The molecule has 3 amide bonds. The van der Waals surface area contributed by atoms with Crippen molar-refractivity contribution < 1.29 is 24.4 Å². The number of imide groups is 1. The number of nitrogens with one attached hydrogen (secondary N) is 2. The highest BCUT2D eigenvalue weighted by Gasteiger charge is 2.60. The van der Waals surface area contributed by atoms with E-state index in [2.05, 4.69) is 10.6 Å². The summed E-state index contributed by atoms with van der Waals surface area (Å²) in [4.78, 5) is 39.4. The molecule has 3 rings (SSSR count). The van der Waals surface area contributed by atoms with E-state index in [9.17, 15) is 24.4 Å². The second-order valence-corrected chi connectivity index (χ2v) is 7.98. The molecule has 1 unspecified atom stereocenters. The lowest BCUT2D eigenvalue weighted by Gasteiger charge is -2.24. The Balaban J connectivity index is 1.87. The van der Waals surface area contributed by atoms with Gasteiger partial charge < -0.3 is 15.4 Å². The van der Waals surface area contributed by atoms with Crippen molar-refractivity contribution in [3.63, 3.8) is 0 Å². The molecule has 0 radical (unpaired) electrons. The van der Waals surface area contributed by atoms with Crippen molar-refractivity contribution in [2.75, 3.05) is 7.05 Å². The summed E-state index contributed by atoms with van der Waals surface area (Å²) >= 11 is 0. The van der Waals surface area contributed by atoms with Crippen LogP contribution in [0.15, 0.2) is 30.3 Å². The number of amides is 3. The SMILES string of the molecule is CC(C)CC(NC(=O)[C@H]1N[C@@H](c2ccccc2)[C@H]2C(=O)N(C)C(=O)[C@H]21)B(O)O. The first kappa shape index (κ1) is 20.5. The Labute approximate surface area is 164 Å². The first-order valence-electron chi connectivity index (χ1n) is 9.51. The summed E-state index contributed by atoms with van der Waals surface area (Å²) in [7, 11) is -0.281. The van der Waals surface area contributed by atoms with E-state index in [0.717, 1.165) is 10.5 Å². The molecule has 5 atom stereocenters. The predicted molar refractivity (Wildman–Crippen MR) is 102 cm³/mol. The monoisotopic (exact) mass is 387 g/mol. The van der Waals surface area contributed by atoms with Crippen LogP contribution in [-0.4, -0.2) is 58.8 Å². The summed E-state index contributed by atoms with van der Waals surface area (Å²) in [6, 6.07) is 7.84. The molecule has 1 aromatic carbocycles. The standard InChI is InChI=1S/C19H26BN3O5/c1-10(2)9-12(20(27)28)21-17(24)16-14-13(18(25)23(3)19(14)26)15(22-16)11-7-5-4-6-8-11/h4-8,10,12-16,22,27-28H,9H2,1-3H3,(H,21,24)/t12?,13-,14+,15-,16-/m0/s1.